The number of anilines is 1. The molecule has 1 N–H and O–H groups in total. The molecule has 2 amide bonds. The third kappa shape index (κ3) is 5.06. The number of nitrogens with zero attached hydrogens (tertiary/aromatic N) is 1. The molecule has 1 aromatic heterocycles. The van der Waals surface area contributed by atoms with Crippen LogP contribution >= 0.6 is 0 Å². The molecule has 0 unspecified atom stereocenters. The van der Waals surface area contributed by atoms with Crippen LogP contribution in [0.4, 0.5) is 10.1 Å². The summed E-state index contributed by atoms with van der Waals surface area (Å²) in [5.74, 6) is 1.95. The molecule has 1 fully saturated rings. The van der Waals surface area contributed by atoms with Crippen LogP contribution in [0.3, 0.4) is 0 Å². The predicted molar refractivity (Wildman–Crippen MR) is 129 cm³/mol. The van der Waals surface area contributed by atoms with E-state index in [4.69, 9.17) is 4.42 Å². The number of nitrogens with one attached hydrogen (secondary N) is 1. The SMILES string of the molecule is O=C(CCC1CCCC1)Nc1ccc(-c2cc3c(o2)CCN(C(=O)c2ccc(F)cc2)C3)cc1. The van der Waals surface area contributed by atoms with E-state index in [1.165, 1.54) is 49.9 Å². The van der Waals surface area contributed by atoms with Gasteiger partial charge in [0.1, 0.15) is 17.3 Å². The molecule has 176 valence electrons. The van der Waals surface area contributed by atoms with Gasteiger partial charge in [0, 0.05) is 48.3 Å². The normalized spacial score (nSPS) is 15.9. The third-order valence-corrected chi connectivity index (χ3v) is 6.95. The zero-order valence-corrected chi connectivity index (χ0v) is 19.2. The fourth-order valence-electron chi connectivity index (χ4n) is 5.00. The lowest BCUT2D eigenvalue weighted by Crippen LogP contribution is -2.35. The van der Waals surface area contributed by atoms with Crippen molar-refractivity contribution in [2.75, 3.05) is 11.9 Å². The van der Waals surface area contributed by atoms with Crippen molar-refractivity contribution in [3.8, 4) is 11.3 Å². The molecule has 0 atom stereocenters. The Labute approximate surface area is 199 Å². The molecule has 1 aliphatic carbocycles. The highest BCUT2D eigenvalue weighted by molar-refractivity contribution is 5.94. The molecular weight excluding hydrogens is 431 g/mol. The number of carbonyl (C=O) groups excluding carboxylic acids is 2. The monoisotopic (exact) mass is 460 g/mol. The Hall–Kier alpha value is -3.41. The molecular formula is C28H29FN2O3. The van der Waals surface area contributed by atoms with E-state index in [9.17, 15) is 14.0 Å². The van der Waals surface area contributed by atoms with Crippen molar-refractivity contribution in [2.45, 2.75) is 51.5 Å². The number of hydrogen-bond acceptors (Lipinski definition) is 3. The highest BCUT2D eigenvalue weighted by atomic mass is 19.1. The molecule has 1 aliphatic heterocycles. The maximum atomic E-state index is 13.2. The lowest BCUT2D eigenvalue weighted by molar-refractivity contribution is -0.116. The zero-order chi connectivity index (χ0) is 23.5. The van der Waals surface area contributed by atoms with E-state index in [0.29, 0.717) is 37.4 Å². The molecule has 1 saturated carbocycles. The van der Waals surface area contributed by atoms with Gasteiger partial charge >= 0.3 is 0 Å². The van der Waals surface area contributed by atoms with Crippen LogP contribution in [-0.4, -0.2) is 23.3 Å². The average molecular weight is 461 g/mol. The van der Waals surface area contributed by atoms with Gasteiger partial charge in [0.05, 0.1) is 0 Å². The van der Waals surface area contributed by atoms with E-state index in [-0.39, 0.29) is 17.6 Å². The van der Waals surface area contributed by atoms with Gasteiger partial charge in [0.25, 0.3) is 5.91 Å². The van der Waals surface area contributed by atoms with Gasteiger partial charge in [0.15, 0.2) is 0 Å². The second-order valence-corrected chi connectivity index (χ2v) is 9.36. The average Bonchev–Trinajstić information content (AvgIpc) is 3.53. The minimum Gasteiger partial charge on any atom is -0.461 e. The summed E-state index contributed by atoms with van der Waals surface area (Å²) in [5.41, 5.74) is 3.18. The van der Waals surface area contributed by atoms with Gasteiger partial charge in [-0.05, 0) is 66.9 Å². The first-order valence-electron chi connectivity index (χ1n) is 12.1. The third-order valence-electron chi connectivity index (χ3n) is 6.95. The molecule has 5 rings (SSSR count). The van der Waals surface area contributed by atoms with Crippen LogP contribution < -0.4 is 5.32 Å². The van der Waals surface area contributed by atoms with Crippen molar-refractivity contribution in [2.24, 2.45) is 5.92 Å². The maximum Gasteiger partial charge on any atom is 0.254 e. The van der Waals surface area contributed by atoms with Crippen LogP contribution in [0.1, 0.15) is 60.2 Å². The van der Waals surface area contributed by atoms with Crippen molar-refractivity contribution in [3.63, 3.8) is 0 Å². The van der Waals surface area contributed by atoms with Crippen LogP contribution in [0.5, 0.6) is 0 Å². The second kappa shape index (κ2) is 9.84. The van der Waals surface area contributed by atoms with Gasteiger partial charge in [-0.3, -0.25) is 9.59 Å². The van der Waals surface area contributed by atoms with Crippen molar-refractivity contribution < 1.29 is 18.4 Å². The molecule has 6 heteroatoms. The van der Waals surface area contributed by atoms with Crippen molar-refractivity contribution >= 4 is 17.5 Å². The summed E-state index contributed by atoms with van der Waals surface area (Å²) in [6.07, 6.45) is 7.30. The minimum atomic E-state index is -0.355. The molecule has 3 aromatic rings. The van der Waals surface area contributed by atoms with E-state index in [2.05, 4.69) is 5.32 Å². The minimum absolute atomic E-state index is 0.0685. The zero-order valence-electron chi connectivity index (χ0n) is 19.2. The maximum absolute atomic E-state index is 13.2. The summed E-state index contributed by atoms with van der Waals surface area (Å²) in [6.45, 7) is 1.02. The van der Waals surface area contributed by atoms with Crippen LogP contribution in [0.15, 0.2) is 59.0 Å². The molecule has 34 heavy (non-hydrogen) atoms. The number of benzene rings is 2. The summed E-state index contributed by atoms with van der Waals surface area (Å²) >= 11 is 0. The molecule has 2 aliphatic rings. The molecule has 0 bridgehead atoms. The highest BCUT2D eigenvalue weighted by Crippen LogP contribution is 2.31. The van der Waals surface area contributed by atoms with Gasteiger partial charge in [0.2, 0.25) is 5.91 Å². The Balaban J connectivity index is 1.20. The Kier molecular flexibility index (Phi) is 6.48. The van der Waals surface area contributed by atoms with E-state index >= 15 is 0 Å². The number of fused-ring (bicyclic) bond motifs is 1. The van der Waals surface area contributed by atoms with Gasteiger partial charge in [-0.25, -0.2) is 4.39 Å². The summed E-state index contributed by atoms with van der Waals surface area (Å²) < 4.78 is 19.3. The second-order valence-electron chi connectivity index (χ2n) is 9.36. The van der Waals surface area contributed by atoms with Crippen LogP contribution in [-0.2, 0) is 17.8 Å². The topological polar surface area (TPSA) is 62.6 Å². The summed E-state index contributed by atoms with van der Waals surface area (Å²) in [7, 11) is 0. The van der Waals surface area contributed by atoms with Crippen LogP contribution in [0, 0.1) is 11.7 Å². The first kappa shape index (κ1) is 22.4. The van der Waals surface area contributed by atoms with Crippen molar-refractivity contribution in [1.29, 1.82) is 0 Å². The largest absolute Gasteiger partial charge is 0.461 e. The Morgan fingerprint density at radius 2 is 1.76 bits per heavy atom. The lowest BCUT2D eigenvalue weighted by Gasteiger charge is -2.26. The smallest absolute Gasteiger partial charge is 0.254 e. The van der Waals surface area contributed by atoms with E-state index in [0.717, 1.165) is 34.8 Å². The van der Waals surface area contributed by atoms with Gasteiger partial charge in [-0.2, -0.15) is 0 Å². The van der Waals surface area contributed by atoms with Gasteiger partial charge in [-0.1, -0.05) is 25.7 Å². The fraction of sp³-hybridized carbons (Fsp3) is 0.357. The van der Waals surface area contributed by atoms with E-state index < -0.39 is 0 Å². The molecule has 2 aromatic carbocycles. The number of hydrogen-bond donors (Lipinski definition) is 1. The van der Waals surface area contributed by atoms with E-state index in [1.54, 1.807) is 4.90 Å². The summed E-state index contributed by atoms with van der Waals surface area (Å²) in [5, 5.41) is 2.99. The first-order valence-corrected chi connectivity index (χ1v) is 12.1. The van der Waals surface area contributed by atoms with E-state index in [1.807, 2.05) is 30.3 Å². The van der Waals surface area contributed by atoms with Gasteiger partial charge in [-0.15, -0.1) is 0 Å². The predicted octanol–water partition coefficient (Wildman–Crippen LogP) is 6.19. The Bertz CT molecular complexity index is 1160. The Morgan fingerprint density at radius 3 is 2.50 bits per heavy atom. The Morgan fingerprint density at radius 1 is 1.03 bits per heavy atom. The molecule has 0 radical (unpaired) electrons. The van der Waals surface area contributed by atoms with Crippen molar-refractivity contribution in [1.82, 2.24) is 4.90 Å². The number of amides is 2. The van der Waals surface area contributed by atoms with Gasteiger partial charge < -0.3 is 14.6 Å². The van der Waals surface area contributed by atoms with Crippen LogP contribution in [0.2, 0.25) is 0 Å². The lowest BCUT2D eigenvalue weighted by atomic mass is 10.0. The number of halogens is 1. The molecule has 0 saturated heterocycles. The first-order chi connectivity index (χ1) is 16.5. The standard InChI is InChI=1S/C28H29FN2O3/c29-23-10-6-21(7-11-23)28(33)31-16-15-25-22(18-31)17-26(34-25)20-8-12-24(13-9-20)30-27(32)14-5-19-3-1-2-4-19/h6-13,17,19H,1-5,14-16,18H2,(H,30,32). The summed E-state index contributed by atoms with van der Waals surface area (Å²) in [4.78, 5) is 26.8. The molecule has 5 nitrogen and oxygen atoms in total. The number of carbonyl (C=O) groups is 2. The molecule has 0 spiro atoms. The van der Waals surface area contributed by atoms with Crippen molar-refractivity contribution in [3.05, 3.63) is 77.3 Å². The van der Waals surface area contributed by atoms with Crippen LogP contribution in [0.25, 0.3) is 11.3 Å². The quantitative estimate of drug-likeness (QED) is 0.477. The summed E-state index contributed by atoms with van der Waals surface area (Å²) in [6, 6.07) is 15.3. The fourth-order valence-corrected chi connectivity index (χ4v) is 5.00. The highest BCUT2D eigenvalue weighted by Gasteiger charge is 2.25. The number of furan rings is 1. The number of rotatable bonds is 6. The molecule has 2 heterocycles.